The number of methoxy groups -OCH3 is 2. The van der Waals surface area contributed by atoms with Gasteiger partial charge in [0.05, 0.1) is 43.8 Å². The number of ketones is 1. The molecule has 0 fully saturated rings. The third-order valence-corrected chi connectivity index (χ3v) is 4.48. The Hall–Kier alpha value is -3.33. The Balaban J connectivity index is 2.27. The number of carbonyl (C=O) groups excluding carboxylic acids is 2. The fourth-order valence-corrected chi connectivity index (χ4v) is 2.94. The maximum Gasteiger partial charge on any atom is 0.258 e. The van der Waals surface area contributed by atoms with E-state index in [-0.39, 0.29) is 10.7 Å². The summed E-state index contributed by atoms with van der Waals surface area (Å²) in [7, 11) is 2.89. The number of hydrogen-bond acceptors (Lipinski definition) is 8. The van der Waals surface area contributed by atoms with E-state index in [2.05, 4.69) is 15.5 Å². The lowest BCUT2D eigenvalue weighted by atomic mass is 10.2. The zero-order valence-corrected chi connectivity index (χ0v) is 19.4. The second-order valence-electron chi connectivity index (χ2n) is 6.40. The van der Waals surface area contributed by atoms with Crippen molar-refractivity contribution >= 4 is 34.7 Å². The van der Waals surface area contributed by atoms with Crippen LogP contribution < -0.4 is 24.3 Å². The number of amides is 1. The van der Waals surface area contributed by atoms with Crippen molar-refractivity contribution in [2.24, 2.45) is 10.2 Å². The van der Waals surface area contributed by atoms with Crippen LogP contribution in [-0.4, -0.2) is 45.2 Å². The number of Topliss-reactive ketones (excluding diaryl/α,β-unsaturated/α-hetero) is 1. The molecule has 172 valence electrons. The van der Waals surface area contributed by atoms with Crippen molar-refractivity contribution in [3.63, 3.8) is 0 Å². The Morgan fingerprint density at radius 1 is 0.969 bits per heavy atom. The van der Waals surface area contributed by atoms with Crippen molar-refractivity contribution in [2.75, 3.05) is 32.8 Å². The number of benzene rings is 2. The van der Waals surface area contributed by atoms with E-state index in [1.54, 1.807) is 18.2 Å². The van der Waals surface area contributed by atoms with E-state index in [4.69, 9.17) is 30.5 Å². The smallest absolute Gasteiger partial charge is 0.258 e. The van der Waals surface area contributed by atoms with Crippen LogP contribution in [0.2, 0.25) is 5.02 Å². The molecule has 2 aromatic rings. The summed E-state index contributed by atoms with van der Waals surface area (Å²) in [6, 6.07) is 6.58. The van der Waals surface area contributed by atoms with Gasteiger partial charge in [0.15, 0.2) is 17.3 Å². The summed E-state index contributed by atoms with van der Waals surface area (Å²) in [5.74, 6) is 0.582. The van der Waals surface area contributed by atoms with E-state index in [0.717, 1.165) is 0 Å². The number of carbonyl (C=O) groups is 2. The maximum atomic E-state index is 12.8. The molecule has 0 saturated carbocycles. The molecular formula is C22H26ClN3O6. The van der Waals surface area contributed by atoms with Crippen LogP contribution in [0, 0.1) is 0 Å². The SMILES string of the molecule is CCOc1ccc(N=NC(C(C)=O)C(=O)Nc2cc(Cl)c(OC)cc2OC)cc1OCC. The highest BCUT2D eigenvalue weighted by molar-refractivity contribution is 6.32. The molecule has 0 aromatic heterocycles. The third kappa shape index (κ3) is 6.34. The van der Waals surface area contributed by atoms with E-state index in [9.17, 15) is 9.59 Å². The van der Waals surface area contributed by atoms with Crippen LogP contribution in [0.4, 0.5) is 11.4 Å². The highest BCUT2D eigenvalue weighted by Crippen LogP contribution is 2.36. The summed E-state index contributed by atoms with van der Waals surface area (Å²) in [4.78, 5) is 24.8. The molecule has 32 heavy (non-hydrogen) atoms. The van der Waals surface area contributed by atoms with Gasteiger partial charge < -0.3 is 24.3 Å². The molecule has 9 nitrogen and oxygen atoms in total. The minimum Gasteiger partial charge on any atom is -0.495 e. The number of hydrogen-bond donors (Lipinski definition) is 1. The van der Waals surface area contributed by atoms with Gasteiger partial charge in [0, 0.05) is 12.1 Å². The Morgan fingerprint density at radius 3 is 2.22 bits per heavy atom. The van der Waals surface area contributed by atoms with E-state index < -0.39 is 17.7 Å². The quantitative estimate of drug-likeness (QED) is 0.377. The number of rotatable bonds is 11. The number of nitrogens with zero attached hydrogens (tertiary/aromatic N) is 2. The molecule has 2 rings (SSSR count). The highest BCUT2D eigenvalue weighted by atomic mass is 35.5. The van der Waals surface area contributed by atoms with Crippen LogP contribution in [0.3, 0.4) is 0 Å². The third-order valence-electron chi connectivity index (χ3n) is 4.18. The molecular weight excluding hydrogens is 438 g/mol. The number of halogens is 1. The Bertz CT molecular complexity index is 996. The zero-order chi connectivity index (χ0) is 23.7. The molecule has 0 saturated heterocycles. The van der Waals surface area contributed by atoms with Crippen molar-refractivity contribution in [1.82, 2.24) is 0 Å². The summed E-state index contributed by atoms with van der Waals surface area (Å²) < 4.78 is 21.5. The minimum absolute atomic E-state index is 0.266. The molecule has 0 aliphatic carbocycles. The summed E-state index contributed by atoms with van der Waals surface area (Å²) in [6.07, 6.45) is 0. The first-order chi connectivity index (χ1) is 15.3. The zero-order valence-electron chi connectivity index (χ0n) is 18.6. The Kier molecular flexibility index (Phi) is 9.27. The fourth-order valence-electron chi connectivity index (χ4n) is 2.70. The molecule has 1 N–H and O–H groups in total. The fraction of sp³-hybridized carbons (Fsp3) is 0.364. The molecule has 0 spiro atoms. The first-order valence-electron chi connectivity index (χ1n) is 9.87. The van der Waals surface area contributed by atoms with Crippen LogP contribution in [0.1, 0.15) is 20.8 Å². The number of anilines is 1. The average molecular weight is 464 g/mol. The van der Waals surface area contributed by atoms with Crippen LogP contribution in [0.5, 0.6) is 23.0 Å². The second kappa shape index (κ2) is 11.9. The summed E-state index contributed by atoms with van der Waals surface area (Å²) >= 11 is 6.14. The lowest BCUT2D eigenvalue weighted by Gasteiger charge is -2.14. The normalized spacial score (nSPS) is 11.7. The van der Waals surface area contributed by atoms with Gasteiger partial charge in [-0.3, -0.25) is 9.59 Å². The molecule has 1 amide bonds. The van der Waals surface area contributed by atoms with Gasteiger partial charge in [0.25, 0.3) is 5.91 Å². The average Bonchev–Trinajstić information content (AvgIpc) is 2.76. The van der Waals surface area contributed by atoms with Crippen LogP contribution in [0.15, 0.2) is 40.6 Å². The topological polar surface area (TPSA) is 108 Å². The lowest BCUT2D eigenvalue weighted by molar-refractivity contribution is -0.126. The van der Waals surface area contributed by atoms with Gasteiger partial charge in [0.2, 0.25) is 6.04 Å². The van der Waals surface area contributed by atoms with Crippen molar-refractivity contribution < 1.29 is 28.5 Å². The Morgan fingerprint density at radius 2 is 1.62 bits per heavy atom. The standard InChI is InChI=1S/C22H26ClN3O6/c1-6-31-17-9-8-14(10-20(17)32-7-2)25-26-21(13(3)27)22(28)24-16-11-15(23)18(29-4)12-19(16)30-5/h8-12,21H,6-7H2,1-5H3,(H,24,28). The predicted molar refractivity (Wildman–Crippen MR) is 121 cm³/mol. The maximum absolute atomic E-state index is 12.8. The predicted octanol–water partition coefficient (Wildman–Crippen LogP) is 4.83. The van der Waals surface area contributed by atoms with E-state index >= 15 is 0 Å². The summed E-state index contributed by atoms with van der Waals surface area (Å²) in [6.45, 7) is 5.88. The van der Waals surface area contributed by atoms with Gasteiger partial charge in [-0.2, -0.15) is 10.2 Å². The van der Waals surface area contributed by atoms with Gasteiger partial charge in [-0.05, 0) is 39.0 Å². The largest absolute Gasteiger partial charge is 0.495 e. The number of nitrogens with one attached hydrogen (secondary N) is 1. The Labute approximate surface area is 191 Å². The van der Waals surface area contributed by atoms with E-state index in [1.807, 2.05) is 13.8 Å². The molecule has 10 heteroatoms. The van der Waals surface area contributed by atoms with Crippen LogP contribution in [0.25, 0.3) is 0 Å². The van der Waals surface area contributed by atoms with Gasteiger partial charge in [0.1, 0.15) is 11.5 Å². The molecule has 0 aliphatic heterocycles. The van der Waals surface area contributed by atoms with E-state index in [0.29, 0.717) is 41.9 Å². The molecule has 0 bridgehead atoms. The first-order valence-corrected chi connectivity index (χ1v) is 10.3. The van der Waals surface area contributed by atoms with Gasteiger partial charge in [-0.15, -0.1) is 0 Å². The summed E-state index contributed by atoms with van der Waals surface area (Å²) in [5.41, 5.74) is 0.672. The molecule has 2 aromatic carbocycles. The molecule has 1 atom stereocenters. The first kappa shape index (κ1) is 24.9. The van der Waals surface area contributed by atoms with Crippen molar-refractivity contribution in [3.05, 3.63) is 35.4 Å². The van der Waals surface area contributed by atoms with Gasteiger partial charge in [-0.25, -0.2) is 0 Å². The highest BCUT2D eigenvalue weighted by Gasteiger charge is 2.25. The summed E-state index contributed by atoms with van der Waals surface area (Å²) in [5, 5.41) is 10.9. The second-order valence-corrected chi connectivity index (χ2v) is 6.81. The molecule has 0 aliphatic rings. The number of azo groups is 1. The van der Waals surface area contributed by atoms with Crippen LogP contribution >= 0.6 is 11.6 Å². The van der Waals surface area contributed by atoms with Crippen molar-refractivity contribution in [3.8, 4) is 23.0 Å². The molecule has 0 radical (unpaired) electrons. The monoisotopic (exact) mass is 463 g/mol. The number of ether oxygens (including phenoxy) is 4. The van der Waals surface area contributed by atoms with Crippen molar-refractivity contribution in [1.29, 1.82) is 0 Å². The van der Waals surface area contributed by atoms with Crippen LogP contribution in [-0.2, 0) is 9.59 Å². The molecule has 1 unspecified atom stereocenters. The minimum atomic E-state index is -1.37. The lowest BCUT2D eigenvalue weighted by Crippen LogP contribution is -2.32. The van der Waals surface area contributed by atoms with E-state index in [1.165, 1.54) is 33.3 Å². The van der Waals surface area contributed by atoms with Crippen molar-refractivity contribution in [2.45, 2.75) is 26.8 Å². The van der Waals surface area contributed by atoms with Gasteiger partial charge in [-0.1, -0.05) is 11.6 Å². The van der Waals surface area contributed by atoms with Gasteiger partial charge >= 0.3 is 0 Å². The molecule has 0 heterocycles.